The molecule has 1 aromatic heterocycles. The number of piperidine rings is 1. The maximum absolute atomic E-state index is 12.2. The van der Waals surface area contributed by atoms with Gasteiger partial charge in [0.15, 0.2) is 0 Å². The molecule has 2 amide bonds. The molecular formula is C14H22N4O3. The summed E-state index contributed by atoms with van der Waals surface area (Å²) in [6.45, 7) is 4.74. The van der Waals surface area contributed by atoms with Crippen LogP contribution in [0, 0.1) is 12.8 Å². The Labute approximate surface area is 123 Å². The standard InChI is InChI=1S/C14H22N4O3/c1-9-4-5-18(12(6-9)13(19)20)14(21)15-7-11-8-17(3)16-10(11)2/h8-9,12H,4-7H2,1-3H3,(H,15,21)(H,19,20). The van der Waals surface area contributed by atoms with E-state index in [2.05, 4.69) is 10.4 Å². The fourth-order valence-corrected chi connectivity index (χ4v) is 2.71. The average molecular weight is 294 g/mol. The van der Waals surface area contributed by atoms with Crippen molar-refractivity contribution < 1.29 is 14.7 Å². The zero-order valence-electron chi connectivity index (χ0n) is 12.7. The zero-order valence-corrected chi connectivity index (χ0v) is 12.7. The van der Waals surface area contributed by atoms with Crippen LogP contribution in [0.4, 0.5) is 4.79 Å². The first-order chi connectivity index (χ1) is 9.88. The highest BCUT2D eigenvalue weighted by atomic mass is 16.4. The van der Waals surface area contributed by atoms with E-state index in [4.69, 9.17) is 0 Å². The Morgan fingerprint density at radius 3 is 2.81 bits per heavy atom. The molecule has 1 aliphatic heterocycles. The second kappa shape index (κ2) is 6.15. The fraction of sp³-hybridized carbons (Fsp3) is 0.643. The molecule has 2 heterocycles. The van der Waals surface area contributed by atoms with E-state index < -0.39 is 12.0 Å². The fourth-order valence-electron chi connectivity index (χ4n) is 2.71. The van der Waals surface area contributed by atoms with Gasteiger partial charge >= 0.3 is 12.0 Å². The van der Waals surface area contributed by atoms with Crippen LogP contribution < -0.4 is 5.32 Å². The lowest BCUT2D eigenvalue weighted by Crippen LogP contribution is -2.53. The molecule has 2 N–H and O–H groups in total. The molecule has 0 spiro atoms. The molecule has 0 radical (unpaired) electrons. The van der Waals surface area contributed by atoms with Crippen LogP contribution in [0.3, 0.4) is 0 Å². The van der Waals surface area contributed by atoms with E-state index in [0.29, 0.717) is 25.4 Å². The lowest BCUT2D eigenvalue weighted by atomic mass is 9.93. The number of aromatic nitrogens is 2. The Bertz CT molecular complexity index is 540. The van der Waals surface area contributed by atoms with Gasteiger partial charge in [-0.25, -0.2) is 9.59 Å². The lowest BCUT2D eigenvalue weighted by molar-refractivity contribution is -0.143. The minimum absolute atomic E-state index is 0.322. The second-order valence-electron chi connectivity index (χ2n) is 5.75. The van der Waals surface area contributed by atoms with Gasteiger partial charge in [0.1, 0.15) is 6.04 Å². The van der Waals surface area contributed by atoms with Gasteiger partial charge < -0.3 is 15.3 Å². The molecule has 1 aromatic rings. The largest absolute Gasteiger partial charge is 0.480 e. The van der Waals surface area contributed by atoms with Crippen molar-refractivity contribution in [2.75, 3.05) is 6.54 Å². The highest BCUT2D eigenvalue weighted by Gasteiger charge is 2.34. The van der Waals surface area contributed by atoms with Gasteiger partial charge in [-0.3, -0.25) is 4.68 Å². The average Bonchev–Trinajstić information content (AvgIpc) is 2.74. The summed E-state index contributed by atoms with van der Waals surface area (Å²) in [5, 5.41) is 16.3. The molecule has 116 valence electrons. The molecule has 0 bridgehead atoms. The number of amides is 2. The van der Waals surface area contributed by atoms with E-state index in [1.165, 1.54) is 4.90 Å². The molecular weight excluding hydrogens is 272 g/mol. The molecule has 1 aliphatic rings. The quantitative estimate of drug-likeness (QED) is 0.874. The van der Waals surface area contributed by atoms with Gasteiger partial charge in [0.25, 0.3) is 0 Å². The minimum Gasteiger partial charge on any atom is -0.480 e. The van der Waals surface area contributed by atoms with Crippen molar-refractivity contribution in [2.45, 2.75) is 39.3 Å². The summed E-state index contributed by atoms with van der Waals surface area (Å²) >= 11 is 0. The van der Waals surface area contributed by atoms with Crippen molar-refractivity contribution in [3.05, 3.63) is 17.5 Å². The maximum Gasteiger partial charge on any atom is 0.326 e. The smallest absolute Gasteiger partial charge is 0.326 e. The second-order valence-corrected chi connectivity index (χ2v) is 5.75. The summed E-state index contributed by atoms with van der Waals surface area (Å²) in [5.74, 6) is -0.607. The van der Waals surface area contributed by atoms with Crippen LogP contribution in [0.2, 0.25) is 0 Å². The number of carbonyl (C=O) groups excluding carboxylic acids is 1. The number of carboxylic acids is 1. The number of rotatable bonds is 3. The van der Waals surface area contributed by atoms with E-state index in [-0.39, 0.29) is 6.03 Å². The predicted molar refractivity (Wildman–Crippen MR) is 76.7 cm³/mol. The summed E-state index contributed by atoms with van der Waals surface area (Å²) in [5.41, 5.74) is 1.79. The van der Waals surface area contributed by atoms with Crippen LogP contribution >= 0.6 is 0 Å². The van der Waals surface area contributed by atoms with Crippen LogP contribution in [0.25, 0.3) is 0 Å². The van der Waals surface area contributed by atoms with E-state index in [1.54, 1.807) is 4.68 Å². The normalized spacial score (nSPS) is 22.1. The topological polar surface area (TPSA) is 87.5 Å². The van der Waals surface area contributed by atoms with Crippen LogP contribution in [-0.4, -0.2) is 44.4 Å². The molecule has 1 saturated heterocycles. The Morgan fingerprint density at radius 1 is 1.52 bits per heavy atom. The highest BCUT2D eigenvalue weighted by Crippen LogP contribution is 2.22. The molecule has 7 nitrogen and oxygen atoms in total. The number of aryl methyl sites for hydroxylation is 2. The number of urea groups is 1. The molecule has 0 aliphatic carbocycles. The van der Waals surface area contributed by atoms with E-state index in [1.807, 2.05) is 27.1 Å². The van der Waals surface area contributed by atoms with Crippen LogP contribution in [-0.2, 0) is 18.4 Å². The van der Waals surface area contributed by atoms with E-state index >= 15 is 0 Å². The van der Waals surface area contributed by atoms with Crippen molar-refractivity contribution in [3.8, 4) is 0 Å². The molecule has 21 heavy (non-hydrogen) atoms. The van der Waals surface area contributed by atoms with Gasteiger partial charge in [-0.1, -0.05) is 6.92 Å². The number of nitrogens with zero attached hydrogens (tertiary/aromatic N) is 3. The number of likely N-dealkylation sites (tertiary alicyclic amines) is 1. The predicted octanol–water partition coefficient (Wildman–Crippen LogP) is 1.12. The van der Waals surface area contributed by atoms with Gasteiger partial charge in [0.2, 0.25) is 0 Å². The van der Waals surface area contributed by atoms with Gasteiger partial charge in [0.05, 0.1) is 5.69 Å². The van der Waals surface area contributed by atoms with Gasteiger partial charge in [-0.2, -0.15) is 5.10 Å². The molecule has 0 aromatic carbocycles. The first kappa shape index (κ1) is 15.3. The molecule has 1 fully saturated rings. The Balaban J connectivity index is 1.98. The van der Waals surface area contributed by atoms with Crippen molar-refractivity contribution >= 4 is 12.0 Å². The van der Waals surface area contributed by atoms with Crippen molar-refractivity contribution in [2.24, 2.45) is 13.0 Å². The Hall–Kier alpha value is -2.05. The zero-order chi connectivity index (χ0) is 15.6. The minimum atomic E-state index is -0.936. The maximum atomic E-state index is 12.2. The number of hydrogen-bond acceptors (Lipinski definition) is 3. The number of aliphatic carboxylic acids is 1. The molecule has 7 heteroatoms. The van der Waals surface area contributed by atoms with E-state index in [9.17, 15) is 14.7 Å². The Morgan fingerprint density at radius 2 is 2.24 bits per heavy atom. The van der Waals surface area contributed by atoms with Gasteiger partial charge in [-0.15, -0.1) is 0 Å². The van der Waals surface area contributed by atoms with Crippen LogP contribution in [0.5, 0.6) is 0 Å². The molecule has 0 saturated carbocycles. The third kappa shape index (κ3) is 3.53. The summed E-state index contributed by atoms with van der Waals surface area (Å²) in [7, 11) is 1.82. The molecule has 2 rings (SSSR count). The number of carbonyl (C=O) groups is 2. The Kier molecular flexibility index (Phi) is 4.50. The summed E-state index contributed by atoms with van der Waals surface area (Å²) < 4.78 is 1.69. The summed E-state index contributed by atoms with van der Waals surface area (Å²) in [6.07, 6.45) is 3.19. The molecule has 2 unspecified atom stereocenters. The van der Waals surface area contributed by atoms with Crippen molar-refractivity contribution in [3.63, 3.8) is 0 Å². The summed E-state index contributed by atoms with van der Waals surface area (Å²) in [4.78, 5) is 25.0. The summed E-state index contributed by atoms with van der Waals surface area (Å²) in [6, 6.07) is -1.05. The third-order valence-electron chi connectivity index (χ3n) is 3.96. The number of carboxylic acid groups (broad SMARTS) is 1. The number of nitrogens with one attached hydrogen (secondary N) is 1. The highest BCUT2D eigenvalue weighted by molar-refractivity contribution is 5.82. The van der Waals surface area contributed by atoms with Crippen LogP contribution in [0.15, 0.2) is 6.20 Å². The first-order valence-corrected chi connectivity index (χ1v) is 7.15. The van der Waals surface area contributed by atoms with Gasteiger partial charge in [-0.05, 0) is 25.7 Å². The first-order valence-electron chi connectivity index (χ1n) is 7.15. The van der Waals surface area contributed by atoms with Crippen molar-refractivity contribution in [1.82, 2.24) is 20.0 Å². The molecule has 2 atom stereocenters. The van der Waals surface area contributed by atoms with Gasteiger partial charge in [0, 0.05) is 31.9 Å². The van der Waals surface area contributed by atoms with Crippen molar-refractivity contribution in [1.29, 1.82) is 0 Å². The number of hydrogen-bond donors (Lipinski definition) is 2. The van der Waals surface area contributed by atoms with Crippen LogP contribution in [0.1, 0.15) is 31.0 Å². The third-order valence-corrected chi connectivity index (χ3v) is 3.96. The monoisotopic (exact) mass is 294 g/mol. The lowest BCUT2D eigenvalue weighted by Gasteiger charge is -2.35. The SMILES string of the molecule is Cc1nn(C)cc1CNC(=O)N1CCC(C)CC1C(=O)O. The van der Waals surface area contributed by atoms with E-state index in [0.717, 1.165) is 17.7 Å².